The predicted octanol–water partition coefficient (Wildman–Crippen LogP) is 3.72. The third-order valence-electron chi connectivity index (χ3n) is 2.81. The van der Waals surface area contributed by atoms with Crippen LogP contribution in [0.4, 0.5) is 0 Å². The lowest BCUT2D eigenvalue weighted by atomic mass is 10.2. The first-order valence-electron chi connectivity index (χ1n) is 5.94. The Balaban J connectivity index is 1.76. The number of hydrogen-bond acceptors (Lipinski definition) is 5. The van der Waals surface area contributed by atoms with Crippen molar-refractivity contribution in [3.05, 3.63) is 47.4 Å². The van der Waals surface area contributed by atoms with Gasteiger partial charge in [0.25, 0.3) is 5.22 Å². The summed E-state index contributed by atoms with van der Waals surface area (Å²) >= 11 is 1.37. The fraction of sp³-hybridized carbons (Fsp3) is 0.143. The Labute approximate surface area is 118 Å². The number of carbonyl (C=O) groups is 1. The quantitative estimate of drug-likeness (QED) is 0.738. The summed E-state index contributed by atoms with van der Waals surface area (Å²) in [6.07, 6.45) is 0. The van der Waals surface area contributed by atoms with Gasteiger partial charge in [0.15, 0.2) is 5.58 Å². The zero-order valence-electron chi connectivity index (χ0n) is 10.6. The first-order chi connectivity index (χ1) is 9.63. The Hall–Kier alpha value is -2.21. The van der Waals surface area contributed by atoms with Crippen LogP contribution < -0.4 is 0 Å². The van der Waals surface area contributed by atoms with Gasteiger partial charge in [0.2, 0.25) is 5.76 Å². The molecule has 0 radical (unpaired) electrons. The van der Waals surface area contributed by atoms with Gasteiger partial charge in [0, 0.05) is 0 Å². The number of thioether (sulfide) groups is 1. The van der Waals surface area contributed by atoms with Crippen LogP contribution in [0.5, 0.6) is 0 Å². The molecule has 0 aliphatic rings. The second kappa shape index (κ2) is 5.05. The lowest BCUT2D eigenvalue weighted by Crippen LogP contribution is -1.91. The molecule has 3 rings (SSSR count). The molecule has 0 aliphatic heterocycles. The van der Waals surface area contributed by atoms with Crippen LogP contribution in [0.2, 0.25) is 0 Å². The van der Waals surface area contributed by atoms with Crippen LogP contribution in [0, 0.1) is 6.92 Å². The van der Waals surface area contributed by atoms with Crippen LogP contribution in [0.15, 0.2) is 44.4 Å². The molecule has 0 spiro atoms. The van der Waals surface area contributed by atoms with E-state index in [0.29, 0.717) is 16.7 Å². The number of furan rings is 1. The number of para-hydroxylation sites is 1. The molecule has 0 amide bonds. The van der Waals surface area contributed by atoms with Crippen molar-refractivity contribution in [2.45, 2.75) is 17.9 Å². The number of fused-ring (bicyclic) bond motifs is 1. The Morgan fingerprint density at radius 1 is 1.30 bits per heavy atom. The van der Waals surface area contributed by atoms with Gasteiger partial charge in [-0.1, -0.05) is 23.9 Å². The Morgan fingerprint density at radius 3 is 2.85 bits per heavy atom. The van der Waals surface area contributed by atoms with E-state index >= 15 is 0 Å². The molecule has 2 aromatic heterocycles. The van der Waals surface area contributed by atoms with Crippen molar-refractivity contribution in [1.29, 1.82) is 0 Å². The number of carboxylic acid groups (broad SMARTS) is 1. The summed E-state index contributed by atoms with van der Waals surface area (Å²) in [5.74, 6) is -0.0850. The first kappa shape index (κ1) is 12.8. The normalized spacial score (nSPS) is 11.1. The molecule has 102 valence electrons. The minimum Gasteiger partial charge on any atom is -0.475 e. The topological polar surface area (TPSA) is 76.5 Å². The van der Waals surface area contributed by atoms with Crippen LogP contribution >= 0.6 is 11.8 Å². The molecule has 3 aromatic rings. The lowest BCUT2D eigenvalue weighted by molar-refractivity contribution is 0.0661. The van der Waals surface area contributed by atoms with Crippen molar-refractivity contribution in [2.75, 3.05) is 0 Å². The van der Waals surface area contributed by atoms with Gasteiger partial charge in [-0.3, -0.25) is 0 Å². The van der Waals surface area contributed by atoms with E-state index in [4.69, 9.17) is 13.9 Å². The standard InChI is InChI=1S/C14H11NO4S/c1-8-3-2-4-10-12(8)15-14(19-10)20-7-9-5-6-11(18-9)13(16)17/h2-6H,7H2,1H3,(H,16,17). The van der Waals surface area contributed by atoms with Crippen molar-refractivity contribution >= 4 is 28.8 Å². The van der Waals surface area contributed by atoms with Crippen molar-refractivity contribution < 1.29 is 18.7 Å². The van der Waals surface area contributed by atoms with Crippen LogP contribution in [0.3, 0.4) is 0 Å². The van der Waals surface area contributed by atoms with Crippen molar-refractivity contribution in [1.82, 2.24) is 4.98 Å². The summed E-state index contributed by atoms with van der Waals surface area (Å²) in [6, 6.07) is 8.85. The maximum absolute atomic E-state index is 10.7. The Kier molecular flexibility index (Phi) is 3.23. The molecule has 0 atom stereocenters. The Bertz CT molecular complexity index is 774. The van der Waals surface area contributed by atoms with Crippen molar-refractivity contribution in [3.8, 4) is 0 Å². The van der Waals surface area contributed by atoms with Gasteiger partial charge < -0.3 is 13.9 Å². The predicted molar refractivity (Wildman–Crippen MR) is 74.0 cm³/mol. The largest absolute Gasteiger partial charge is 0.475 e. The third kappa shape index (κ3) is 2.42. The average molecular weight is 289 g/mol. The molecule has 0 unspecified atom stereocenters. The molecule has 2 heterocycles. The maximum atomic E-state index is 10.7. The second-order valence-corrected chi connectivity index (χ2v) is 5.19. The highest BCUT2D eigenvalue weighted by Gasteiger charge is 2.12. The maximum Gasteiger partial charge on any atom is 0.371 e. The van der Waals surface area contributed by atoms with Crippen LogP contribution in [-0.2, 0) is 5.75 Å². The number of oxazole rings is 1. The molecule has 1 aromatic carbocycles. The van der Waals surface area contributed by atoms with Gasteiger partial charge >= 0.3 is 5.97 Å². The average Bonchev–Trinajstić information content (AvgIpc) is 3.03. The van der Waals surface area contributed by atoms with Crippen molar-refractivity contribution in [2.24, 2.45) is 0 Å². The number of nitrogens with zero attached hydrogens (tertiary/aromatic N) is 1. The van der Waals surface area contributed by atoms with Crippen LogP contribution in [0.1, 0.15) is 21.9 Å². The lowest BCUT2D eigenvalue weighted by Gasteiger charge is -1.92. The van der Waals surface area contributed by atoms with E-state index in [1.807, 2.05) is 25.1 Å². The number of aromatic nitrogens is 1. The summed E-state index contributed by atoms with van der Waals surface area (Å²) in [5.41, 5.74) is 2.66. The fourth-order valence-corrected chi connectivity index (χ4v) is 2.56. The molecule has 0 aliphatic carbocycles. The number of benzene rings is 1. The summed E-state index contributed by atoms with van der Waals surface area (Å²) in [4.78, 5) is 15.1. The first-order valence-corrected chi connectivity index (χ1v) is 6.93. The van der Waals surface area contributed by atoms with E-state index in [-0.39, 0.29) is 5.76 Å². The second-order valence-electron chi connectivity index (χ2n) is 4.26. The summed E-state index contributed by atoms with van der Waals surface area (Å²) in [5, 5.41) is 9.32. The molecule has 0 fully saturated rings. The molecule has 6 heteroatoms. The van der Waals surface area contributed by atoms with Crippen LogP contribution in [0.25, 0.3) is 11.1 Å². The van der Waals surface area contributed by atoms with Gasteiger partial charge in [0.05, 0.1) is 5.75 Å². The van der Waals surface area contributed by atoms with E-state index in [0.717, 1.165) is 16.7 Å². The van der Waals surface area contributed by atoms with E-state index in [9.17, 15) is 4.79 Å². The van der Waals surface area contributed by atoms with Gasteiger partial charge in [0.1, 0.15) is 11.3 Å². The zero-order chi connectivity index (χ0) is 14.1. The number of hydrogen-bond donors (Lipinski definition) is 1. The third-order valence-corrected chi connectivity index (χ3v) is 3.66. The van der Waals surface area contributed by atoms with E-state index < -0.39 is 5.97 Å². The number of aromatic carboxylic acids is 1. The number of aryl methyl sites for hydroxylation is 1. The summed E-state index contributed by atoms with van der Waals surface area (Å²) in [7, 11) is 0. The van der Waals surface area contributed by atoms with Gasteiger partial charge in [-0.05, 0) is 30.7 Å². The zero-order valence-corrected chi connectivity index (χ0v) is 11.4. The molecule has 0 bridgehead atoms. The van der Waals surface area contributed by atoms with Gasteiger partial charge in [-0.15, -0.1) is 0 Å². The minimum atomic E-state index is -1.07. The Morgan fingerprint density at radius 2 is 2.15 bits per heavy atom. The SMILES string of the molecule is Cc1cccc2oc(SCc3ccc(C(=O)O)o3)nc12. The number of carboxylic acids is 1. The smallest absolute Gasteiger partial charge is 0.371 e. The highest BCUT2D eigenvalue weighted by Crippen LogP contribution is 2.28. The minimum absolute atomic E-state index is 0.0611. The molecular weight excluding hydrogens is 278 g/mol. The van der Waals surface area contributed by atoms with Gasteiger partial charge in [-0.2, -0.15) is 0 Å². The van der Waals surface area contributed by atoms with E-state index in [1.54, 1.807) is 6.07 Å². The number of rotatable bonds is 4. The molecule has 5 nitrogen and oxygen atoms in total. The van der Waals surface area contributed by atoms with Crippen molar-refractivity contribution in [3.63, 3.8) is 0 Å². The van der Waals surface area contributed by atoms with Gasteiger partial charge in [-0.25, -0.2) is 9.78 Å². The summed E-state index contributed by atoms with van der Waals surface area (Å²) in [6.45, 7) is 1.98. The molecule has 1 N–H and O–H groups in total. The molecule has 0 saturated carbocycles. The molecule has 20 heavy (non-hydrogen) atoms. The highest BCUT2D eigenvalue weighted by molar-refractivity contribution is 7.98. The summed E-state index contributed by atoms with van der Waals surface area (Å²) < 4.78 is 10.8. The molecule has 0 saturated heterocycles. The monoisotopic (exact) mass is 289 g/mol. The van der Waals surface area contributed by atoms with E-state index in [2.05, 4.69) is 4.98 Å². The fourth-order valence-electron chi connectivity index (χ4n) is 1.83. The van der Waals surface area contributed by atoms with Crippen LogP contribution in [-0.4, -0.2) is 16.1 Å². The molecular formula is C14H11NO4S. The highest BCUT2D eigenvalue weighted by atomic mass is 32.2. The van der Waals surface area contributed by atoms with E-state index in [1.165, 1.54) is 17.8 Å².